The third-order valence-electron chi connectivity index (χ3n) is 7.83. The number of amides is 2. The van der Waals surface area contributed by atoms with Crippen molar-refractivity contribution in [1.82, 2.24) is 9.80 Å². The summed E-state index contributed by atoms with van der Waals surface area (Å²) in [7, 11) is 0. The molecule has 2 bridgehead atoms. The Morgan fingerprint density at radius 2 is 1.97 bits per heavy atom. The van der Waals surface area contributed by atoms with Gasteiger partial charge in [-0.1, -0.05) is 38.0 Å². The first kappa shape index (κ1) is 24.3. The van der Waals surface area contributed by atoms with E-state index in [2.05, 4.69) is 13.2 Å². The van der Waals surface area contributed by atoms with Gasteiger partial charge >= 0.3 is 5.97 Å². The summed E-state index contributed by atoms with van der Waals surface area (Å²) in [6.07, 6.45) is 10.6. The van der Waals surface area contributed by atoms with Crippen molar-refractivity contribution in [1.29, 1.82) is 0 Å². The Morgan fingerprint density at radius 3 is 2.64 bits per heavy atom. The van der Waals surface area contributed by atoms with Crippen LogP contribution in [0.4, 0.5) is 0 Å². The van der Waals surface area contributed by atoms with E-state index >= 15 is 0 Å². The number of aliphatic hydroxyl groups excluding tert-OH is 1. The number of carbonyl (C=O) groups excluding carboxylic acids is 3. The van der Waals surface area contributed by atoms with Crippen LogP contribution < -0.4 is 0 Å². The second-order valence-corrected chi connectivity index (χ2v) is 11.3. The molecule has 0 aromatic rings. The van der Waals surface area contributed by atoms with Gasteiger partial charge in [0.1, 0.15) is 12.6 Å². The maximum absolute atomic E-state index is 14.2. The number of rotatable bonds is 10. The highest BCUT2D eigenvalue weighted by molar-refractivity contribution is 8.02. The molecule has 3 aliphatic heterocycles. The minimum atomic E-state index is -0.615. The molecule has 8 heteroatoms. The lowest BCUT2D eigenvalue weighted by Gasteiger charge is -2.41. The van der Waals surface area contributed by atoms with Gasteiger partial charge in [-0.15, -0.1) is 18.3 Å². The smallest absolute Gasteiger partial charge is 0.311 e. The van der Waals surface area contributed by atoms with E-state index in [1.807, 2.05) is 4.90 Å². The predicted octanol–water partition coefficient (Wildman–Crippen LogP) is 2.54. The number of esters is 1. The third kappa shape index (κ3) is 4.14. The molecule has 0 aromatic carbocycles. The van der Waals surface area contributed by atoms with Gasteiger partial charge in [-0.3, -0.25) is 14.4 Å². The van der Waals surface area contributed by atoms with E-state index in [0.717, 1.165) is 38.5 Å². The summed E-state index contributed by atoms with van der Waals surface area (Å²) in [5, 5.41) is 9.46. The molecule has 0 aromatic heterocycles. The molecule has 0 radical (unpaired) electrons. The topological polar surface area (TPSA) is 87.2 Å². The number of nitrogens with zero attached hydrogens (tertiary/aromatic N) is 2. The highest BCUT2D eigenvalue weighted by Crippen LogP contribution is 2.66. The van der Waals surface area contributed by atoms with Crippen LogP contribution in [0.1, 0.15) is 51.4 Å². The average Bonchev–Trinajstić information content (AvgIpc) is 3.47. The van der Waals surface area contributed by atoms with Crippen LogP contribution in [0.25, 0.3) is 0 Å². The third-order valence-corrected chi connectivity index (χ3v) is 9.78. The van der Waals surface area contributed by atoms with E-state index in [1.165, 1.54) is 12.5 Å². The lowest BCUT2D eigenvalue weighted by Crippen LogP contribution is -2.57. The normalized spacial score (nSPS) is 33.1. The first-order chi connectivity index (χ1) is 16.0. The minimum absolute atomic E-state index is 0.00547. The summed E-state index contributed by atoms with van der Waals surface area (Å²) in [5.74, 6) is -1.61. The van der Waals surface area contributed by atoms with E-state index in [9.17, 15) is 19.5 Å². The van der Waals surface area contributed by atoms with Crippen LogP contribution >= 0.6 is 11.8 Å². The first-order valence-corrected chi connectivity index (χ1v) is 13.2. The van der Waals surface area contributed by atoms with Gasteiger partial charge in [-0.05, 0) is 32.1 Å². The van der Waals surface area contributed by atoms with Crippen LogP contribution in [0.3, 0.4) is 0 Å². The zero-order valence-corrected chi connectivity index (χ0v) is 20.1. The standard InChI is InChI=1S/C25H36N2O5S/c1-3-13-26(17-9-6-5-7-10-17)23(30)21-25-12-11-18(33-25)19(24(31)32-16-4-2)20(25)22(29)27(21)14-8-15-28/h3-4,17-21,28H,1-2,5-16H2/t18-,19+,20-,21?,25?/m0/s1. The minimum Gasteiger partial charge on any atom is -0.461 e. The lowest BCUT2D eigenvalue weighted by molar-refractivity contribution is -0.153. The summed E-state index contributed by atoms with van der Waals surface area (Å²) in [4.78, 5) is 44.5. The molecule has 2 unspecified atom stereocenters. The van der Waals surface area contributed by atoms with Crippen molar-refractivity contribution >= 4 is 29.5 Å². The Morgan fingerprint density at radius 1 is 1.21 bits per heavy atom. The molecule has 1 saturated carbocycles. The van der Waals surface area contributed by atoms with Crippen LogP contribution in [-0.4, -0.2) is 81.1 Å². The molecule has 2 amide bonds. The Labute approximate surface area is 200 Å². The molecule has 7 nitrogen and oxygen atoms in total. The largest absolute Gasteiger partial charge is 0.461 e. The fourth-order valence-electron chi connectivity index (χ4n) is 6.53. The summed E-state index contributed by atoms with van der Waals surface area (Å²) in [6, 6.07) is -0.456. The van der Waals surface area contributed by atoms with Crippen molar-refractivity contribution in [2.24, 2.45) is 11.8 Å². The average molecular weight is 477 g/mol. The van der Waals surface area contributed by atoms with Gasteiger partial charge in [-0.25, -0.2) is 0 Å². The Balaban J connectivity index is 1.68. The molecular formula is C25H36N2O5S. The monoisotopic (exact) mass is 476 g/mol. The van der Waals surface area contributed by atoms with Crippen LogP contribution in [0.2, 0.25) is 0 Å². The molecule has 3 saturated heterocycles. The molecule has 4 rings (SSSR count). The van der Waals surface area contributed by atoms with E-state index in [4.69, 9.17) is 4.74 Å². The van der Waals surface area contributed by atoms with E-state index in [-0.39, 0.29) is 42.3 Å². The number of hydrogen-bond acceptors (Lipinski definition) is 6. The Bertz CT molecular complexity index is 798. The molecule has 4 fully saturated rings. The molecule has 1 spiro atoms. The molecule has 1 N–H and O–H groups in total. The van der Waals surface area contributed by atoms with Gasteiger partial charge in [-0.2, -0.15) is 0 Å². The summed E-state index contributed by atoms with van der Waals surface area (Å²) in [6.45, 7) is 8.33. The van der Waals surface area contributed by atoms with Crippen molar-refractivity contribution < 1.29 is 24.2 Å². The van der Waals surface area contributed by atoms with Gasteiger partial charge < -0.3 is 19.6 Å². The number of likely N-dealkylation sites (tertiary alicyclic amines) is 1. The fraction of sp³-hybridized carbons (Fsp3) is 0.720. The van der Waals surface area contributed by atoms with Crippen LogP contribution in [0.5, 0.6) is 0 Å². The second-order valence-electron chi connectivity index (χ2n) is 9.65. The molecule has 33 heavy (non-hydrogen) atoms. The van der Waals surface area contributed by atoms with Crippen molar-refractivity contribution in [2.75, 3.05) is 26.3 Å². The van der Waals surface area contributed by atoms with Crippen LogP contribution in [0.15, 0.2) is 25.3 Å². The Kier molecular flexibility index (Phi) is 7.53. The zero-order valence-electron chi connectivity index (χ0n) is 19.3. The molecule has 4 aliphatic rings. The molecule has 182 valence electrons. The first-order valence-electron chi connectivity index (χ1n) is 12.3. The maximum atomic E-state index is 14.2. The number of fused-ring (bicyclic) bond motifs is 1. The highest BCUT2D eigenvalue weighted by Gasteiger charge is 2.74. The molecule has 1 aliphatic carbocycles. The number of carbonyl (C=O) groups is 3. The summed E-state index contributed by atoms with van der Waals surface area (Å²) in [5.41, 5.74) is 0. The van der Waals surface area contributed by atoms with Gasteiger partial charge in [0, 0.05) is 31.0 Å². The van der Waals surface area contributed by atoms with E-state index in [0.29, 0.717) is 19.5 Å². The van der Waals surface area contributed by atoms with Crippen molar-refractivity contribution in [2.45, 2.75) is 73.4 Å². The Hall–Kier alpha value is -1.80. The summed E-state index contributed by atoms with van der Waals surface area (Å²) >= 11 is 1.65. The van der Waals surface area contributed by atoms with Gasteiger partial charge in [0.15, 0.2) is 0 Å². The number of thioether (sulfide) groups is 1. The SMILES string of the molecule is C=CCOC(=O)[C@@H]1[C@@H]2CCC3(S2)C(C(=O)N(CC=C)C2CCCCC2)N(CCCO)C(=O)[C@H]13. The molecule has 3 heterocycles. The van der Waals surface area contributed by atoms with Crippen molar-refractivity contribution in [3.63, 3.8) is 0 Å². The van der Waals surface area contributed by atoms with Crippen LogP contribution in [-0.2, 0) is 19.1 Å². The zero-order chi connectivity index (χ0) is 23.6. The summed E-state index contributed by atoms with van der Waals surface area (Å²) < 4.78 is 4.77. The number of ether oxygens (including phenoxy) is 1. The highest BCUT2D eigenvalue weighted by atomic mass is 32.2. The van der Waals surface area contributed by atoms with Crippen molar-refractivity contribution in [3.05, 3.63) is 25.3 Å². The molecule has 5 atom stereocenters. The van der Waals surface area contributed by atoms with Crippen molar-refractivity contribution in [3.8, 4) is 0 Å². The quantitative estimate of drug-likeness (QED) is 0.385. The lowest BCUT2D eigenvalue weighted by atomic mass is 9.71. The fourth-order valence-corrected chi connectivity index (χ4v) is 8.73. The molecular weight excluding hydrogens is 440 g/mol. The maximum Gasteiger partial charge on any atom is 0.311 e. The van der Waals surface area contributed by atoms with Crippen LogP contribution in [0, 0.1) is 11.8 Å². The number of hydrogen-bond donors (Lipinski definition) is 1. The van der Waals surface area contributed by atoms with E-state index < -0.39 is 22.6 Å². The van der Waals surface area contributed by atoms with Gasteiger partial charge in [0.2, 0.25) is 11.8 Å². The predicted molar refractivity (Wildman–Crippen MR) is 127 cm³/mol. The van der Waals surface area contributed by atoms with Gasteiger partial charge in [0.25, 0.3) is 0 Å². The number of aliphatic hydroxyl groups is 1. The second kappa shape index (κ2) is 10.2. The van der Waals surface area contributed by atoms with E-state index in [1.54, 1.807) is 22.7 Å². The van der Waals surface area contributed by atoms with Gasteiger partial charge in [0.05, 0.1) is 16.6 Å².